The van der Waals surface area contributed by atoms with Crippen LogP contribution in [0.3, 0.4) is 0 Å². The number of rotatable bonds is 7. The number of hydrogen-bond acceptors (Lipinski definition) is 3. The lowest BCUT2D eigenvalue weighted by Crippen LogP contribution is -2.11. The van der Waals surface area contributed by atoms with Crippen molar-refractivity contribution in [3.63, 3.8) is 0 Å². The van der Waals surface area contributed by atoms with Gasteiger partial charge in [0.2, 0.25) is 0 Å². The highest BCUT2D eigenvalue weighted by molar-refractivity contribution is 5.98. The lowest BCUT2D eigenvalue weighted by atomic mass is 9.83. The molecule has 0 aliphatic heterocycles. The van der Waals surface area contributed by atoms with Crippen LogP contribution < -0.4 is 0 Å². The summed E-state index contributed by atoms with van der Waals surface area (Å²) in [5.41, 5.74) is 14.9. The Kier molecular flexibility index (Phi) is 9.00. The number of phenols is 1. The SMILES string of the molecule is [2H]C([2H])([2H])c1ccc(-c2ccnc(-c3cc(-c4cccc5c4nc(-c4cc(C)cc(C)c4O)n5-c4cc(-c5ccccc5)c(C([2H])([2H])[2H])cc4-c4ccc(C(C)(C)C)cc4)cc(C(C)(C)C)c3)c2)cc1. The number of nitrogens with zero attached hydrogens (tertiary/aromatic N) is 3. The Morgan fingerprint density at radius 2 is 1.20 bits per heavy atom. The fraction of sp³-hybridized carbons (Fsp3) is 0.200. The van der Waals surface area contributed by atoms with Crippen molar-refractivity contribution in [2.45, 2.75) is 79.9 Å². The number of aromatic hydroxyl groups is 1. The molecule has 64 heavy (non-hydrogen) atoms. The Hall–Kier alpha value is -7.04. The molecule has 4 nitrogen and oxygen atoms in total. The van der Waals surface area contributed by atoms with Crippen molar-refractivity contribution in [1.82, 2.24) is 14.5 Å². The van der Waals surface area contributed by atoms with Gasteiger partial charge >= 0.3 is 0 Å². The first kappa shape index (κ1) is 35.4. The van der Waals surface area contributed by atoms with Gasteiger partial charge in [-0.25, -0.2) is 4.98 Å². The van der Waals surface area contributed by atoms with E-state index in [-0.39, 0.29) is 27.7 Å². The number of pyridine rings is 1. The van der Waals surface area contributed by atoms with Crippen LogP contribution in [0.25, 0.3) is 83.9 Å². The van der Waals surface area contributed by atoms with Gasteiger partial charge in [-0.1, -0.05) is 150 Å². The van der Waals surface area contributed by atoms with Crippen LogP contribution >= 0.6 is 0 Å². The number of para-hydroxylation sites is 1. The standard InChI is InChI=1S/C60H57N3O/c1-37-19-21-41(22-20-37)44-27-28-61-53(35-44)46-32-45(33-48(34-46)60(8,9)10)49-17-14-18-54-56(49)62-58(52-30-38(2)29-40(4)57(52)64)63(54)55-36-50(42-15-12-11-13-16-42)39(3)31-51(55)43-23-25-47(26-24-43)59(5,6)7/h11-36,64H,1-10H3/i1D3,3D3. The monoisotopic (exact) mass is 841 g/mol. The Morgan fingerprint density at radius 3 is 1.91 bits per heavy atom. The van der Waals surface area contributed by atoms with Gasteiger partial charge in [-0.05, 0) is 148 Å². The minimum Gasteiger partial charge on any atom is -0.507 e. The lowest BCUT2D eigenvalue weighted by molar-refractivity contribution is 0.472. The van der Waals surface area contributed by atoms with Crippen LogP contribution in [0, 0.1) is 27.6 Å². The average Bonchev–Trinajstić information content (AvgIpc) is 3.71. The lowest BCUT2D eigenvalue weighted by Gasteiger charge is -2.22. The van der Waals surface area contributed by atoms with Crippen LogP contribution in [0.15, 0.2) is 158 Å². The number of fused-ring (bicyclic) bond motifs is 1. The molecule has 9 aromatic rings. The fourth-order valence-electron chi connectivity index (χ4n) is 8.69. The summed E-state index contributed by atoms with van der Waals surface area (Å²) in [6, 6.07) is 49.3. The molecule has 0 spiro atoms. The van der Waals surface area contributed by atoms with E-state index in [0.717, 1.165) is 66.8 Å². The summed E-state index contributed by atoms with van der Waals surface area (Å²) in [7, 11) is 0. The van der Waals surface area contributed by atoms with Crippen LogP contribution in [0.5, 0.6) is 5.75 Å². The highest BCUT2D eigenvalue weighted by Gasteiger charge is 2.26. The smallest absolute Gasteiger partial charge is 0.149 e. The van der Waals surface area contributed by atoms with Crippen molar-refractivity contribution in [3.05, 3.63) is 191 Å². The molecule has 2 heterocycles. The van der Waals surface area contributed by atoms with E-state index in [4.69, 9.17) is 18.2 Å². The first-order valence-electron chi connectivity index (χ1n) is 24.9. The minimum absolute atomic E-state index is 0.106. The molecular weight excluding hydrogens is 779 g/mol. The number of benzene rings is 7. The molecule has 0 bridgehead atoms. The van der Waals surface area contributed by atoms with E-state index >= 15 is 0 Å². The van der Waals surface area contributed by atoms with E-state index in [1.165, 1.54) is 0 Å². The topological polar surface area (TPSA) is 50.9 Å². The van der Waals surface area contributed by atoms with Gasteiger partial charge in [-0.3, -0.25) is 9.55 Å². The van der Waals surface area contributed by atoms with E-state index < -0.39 is 13.7 Å². The van der Waals surface area contributed by atoms with Gasteiger partial charge in [0.05, 0.1) is 28.0 Å². The van der Waals surface area contributed by atoms with Crippen molar-refractivity contribution in [1.29, 1.82) is 0 Å². The molecule has 0 saturated heterocycles. The third-order valence-electron chi connectivity index (χ3n) is 12.3. The number of hydrogen-bond donors (Lipinski definition) is 1. The van der Waals surface area contributed by atoms with Gasteiger partial charge in [0.25, 0.3) is 0 Å². The van der Waals surface area contributed by atoms with Gasteiger partial charge in [0, 0.05) is 31.1 Å². The molecular formula is C60H57N3O. The van der Waals surface area contributed by atoms with E-state index in [1.807, 2.05) is 105 Å². The molecule has 0 fully saturated rings. The van der Waals surface area contributed by atoms with Crippen molar-refractivity contribution in [3.8, 4) is 78.6 Å². The van der Waals surface area contributed by atoms with Gasteiger partial charge in [-0.15, -0.1) is 0 Å². The van der Waals surface area contributed by atoms with E-state index in [1.54, 1.807) is 18.3 Å². The fourth-order valence-corrected chi connectivity index (χ4v) is 8.69. The molecule has 7 aromatic carbocycles. The van der Waals surface area contributed by atoms with E-state index in [0.29, 0.717) is 39.3 Å². The minimum atomic E-state index is -2.45. The number of aryl methyl sites for hydroxylation is 4. The van der Waals surface area contributed by atoms with E-state index in [2.05, 4.69) is 94.6 Å². The Morgan fingerprint density at radius 1 is 0.500 bits per heavy atom. The second-order valence-electron chi connectivity index (χ2n) is 19.1. The molecule has 0 aliphatic rings. The predicted octanol–water partition coefficient (Wildman–Crippen LogP) is 16.0. The van der Waals surface area contributed by atoms with Gasteiger partial charge < -0.3 is 5.11 Å². The van der Waals surface area contributed by atoms with Crippen molar-refractivity contribution in [2.24, 2.45) is 0 Å². The Balaban J connectivity index is 1.34. The summed E-state index contributed by atoms with van der Waals surface area (Å²) in [5.74, 6) is 0.615. The van der Waals surface area contributed by atoms with Crippen molar-refractivity contribution < 1.29 is 13.3 Å². The first-order chi connectivity index (χ1) is 33.0. The second kappa shape index (κ2) is 16.3. The largest absolute Gasteiger partial charge is 0.507 e. The summed E-state index contributed by atoms with van der Waals surface area (Å²) in [5, 5.41) is 12.0. The third-order valence-corrected chi connectivity index (χ3v) is 12.3. The summed E-state index contributed by atoms with van der Waals surface area (Å²) in [6.45, 7) is 12.3. The number of phenolic OH excluding ortho intramolecular Hbond substituents is 1. The highest BCUT2D eigenvalue weighted by Crippen LogP contribution is 2.44. The summed E-state index contributed by atoms with van der Waals surface area (Å²) in [6.07, 6.45) is 1.78. The zero-order chi connectivity index (χ0) is 50.1. The molecule has 1 N–H and O–H groups in total. The maximum Gasteiger partial charge on any atom is 0.149 e. The zero-order valence-corrected chi connectivity index (χ0v) is 37.8. The highest BCUT2D eigenvalue weighted by atomic mass is 16.3. The molecule has 0 saturated carbocycles. The number of imidazole rings is 1. The van der Waals surface area contributed by atoms with Crippen LogP contribution in [0.2, 0.25) is 0 Å². The van der Waals surface area contributed by atoms with Crippen molar-refractivity contribution in [2.75, 3.05) is 0 Å². The molecule has 0 amide bonds. The van der Waals surface area contributed by atoms with E-state index in [9.17, 15) is 5.11 Å². The maximum absolute atomic E-state index is 12.0. The molecule has 318 valence electrons. The van der Waals surface area contributed by atoms with Crippen LogP contribution in [0.4, 0.5) is 0 Å². The zero-order valence-electron chi connectivity index (χ0n) is 43.8. The molecule has 0 radical (unpaired) electrons. The Labute approximate surface area is 387 Å². The van der Waals surface area contributed by atoms with Crippen molar-refractivity contribution >= 4 is 11.0 Å². The van der Waals surface area contributed by atoms with Gasteiger partial charge in [-0.2, -0.15) is 0 Å². The van der Waals surface area contributed by atoms with Crippen LogP contribution in [0.1, 0.15) is 83.1 Å². The predicted molar refractivity (Wildman–Crippen MR) is 269 cm³/mol. The summed E-state index contributed by atoms with van der Waals surface area (Å²) in [4.78, 5) is 10.4. The molecule has 0 aliphatic carbocycles. The van der Waals surface area contributed by atoms with Gasteiger partial charge in [0.1, 0.15) is 11.6 Å². The quantitative estimate of drug-likeness (QED) is 0.174. The Bertz CT molecular complexity index is 3430. The van der Waals surface area contributed by atoms with Crippen LogP contribution in [-0.2, 0) is 10.8 Å². The molecule has 0 atom stereocenters. The molecule has 2 aromatic heterocycles. The third kappa shape index (κ3) is 8.05. The second-order valence-corrected chi connectivity index (χ2v) is 19.1. The van der Waals surface area contributed by atoms with Gasteiger partial charge in [0.15, 0.2) is 0 Å². The average molecular weight is 842 g/mol. The van der Waals surface area contributed by atoms with Crippen LogP contribution in [-0.4, -0.2) is 19.6 Å². The summed E-state index contributed by atoms with van der Waals surface area (Å²) < 4.78 is 52.3. The maximum atomic E-state index is 12.0. The first-order valence-corrected chi connectivity index (χ1v) is 21.9. The molecule has 9 rings (SSSR count). The normalized spacial score (nSPS) is 13.8. The molecule has 0 unspecified atom stereocenters. The molecule has 4 heteroatoms. The summed E-state index contributed by atoms with van der Waals surface area (Å²) >= 11 is 0. The number of aromatic nitrogens is 3.